The van der Waals surface area contributed by atoms with Gasteiger partial charge in [-0.05, 0) is 68.5 Å². The number of likely N-dealkylation sites (tertiary alicyclic amines) is 1. The van der Waals surface area contributed by atoms with E-state index in [0.717, 1.165) is 49.6 Å². The largest absolute Gasteiger partial charge is 0.484 e. The second-order valence-electron chi connectivity index (χ2n) is 10.3. The zero-order chi connectivity index (χ0) is 21.7. The number of nitrogens with zero attached hydrogens (tertiary/aromatic N) is 2. The van der Waals surface area contributed by atoms with E-state index in [2.05, 4.69) is 21.2 Å². The van der Waals surface area contributed by atoms with Crippen molar-refractivity contribution in [1.82, 2.24) is 9.80 Å². The van der Waals surface area contributed by atoms with E-state index in [4.69, 9.17) is 4.74 Å². The normalized spacial score (nSPS) is 31.6. The molecule has 0 saturated carbocycles. The van der Waals surface area contributed by atoms with E-state index in [1.807, 2.05) is 18.2 Å². The van der Waals surface area contributed by atoms with E-state index in [1.165, 1.54) is 37.8 Å². The third-order valence-corrected chi connectivity index (χ3v) is 8.32. The number of aryl methyl sites for hydroxylation is 1. The lowest BCUT2D eigenvalue weighted by Gasteiger charge is -2.54. The van der Waals surface area contributed by atoms with E-state index in [-0.39, 0.29) is 24.5 Å². The van der Waals surface area contributed by atoms with Crippen molar-refractivity contribution in [3.63, 3.8) is 0 Å². The molecule has 3 fully saturated rings. The van der Waals surface area contributed by atoms with Gasteiger partial charge < -0.3 is 15.0 Å². The molecule has 6 nitrogen and oxygen atoms in total. The number of fused-ring (bicyclic) bond motifs is 7. The maximum absolute atomic E-state index is 13.3. The third kappa shape index (κ3) is 3.62. The Labute approximate surface area is 190 Å². The van der Waals surface area contributed by atoms with Gasteiger partial charge in [0.2, 0.25) is 5.91 Å². The number of anilines is 1. The summed E-state index contributed by atoms with van der Waals surface area (Å²) in [5, 5.41) is 2.91. The van der Waals surface area contributed by atoms with Gasteiger partial charge in [0.25, 0.3) is 5.91 Å². The Bertz CT molecular complexity index is 958. The van der Waals surface area contributed by atoms with Crippen LogP contribution in [0.4, 0.5) is 5.69 Å². The molecule has 1 aromatic carbocycles. The fourth-order valence-electron chi connectivity index (χ4n) is 6.92. The molecule has 6 rings (SSSR count). The van der Waals surface area contributed by atoms with E-state index in [0.29, 0.717) is 24.0 Å². The summed E-state index contributed by atoms with van der Waals surface area (Å²) in [4.78, 5) is 29.8. The number of carbonyl (C=O) groups excluding carboxylic acids is 2. The van der Waals surface area contributed by atoms with Gasteiger partial charge in [-0.2, -0.15) is 0 Å². The maximum atomic E-state index is 13.3. The molecular weight excluding hydrogens is 402 g/mol. The molecular formula is C26H33N3O3. The Kier molecular flexibility index (Phi) is 5.21. The standard InChI is InChI=1S/C26H33N3O3/c30-24-9-7-17-6-8-21(14-22(17)27-24)32-16-25(31)29-11-3-4-18-12-19-13-20(26(18)29)15-28-10-2-1-5-23(19)28/h6,8,12,14,19-20,23,26H,1-5,7,9-11,13,15-16H2,(H,27,30)/t19-,20+,23+,26+/m0/s1. The van der Waals surface area contributed by atoms with Crippen molar-refractivity contribution in [2.45, 2.75) is 63.5 Å². The molecule has 5 aliphatic rings. The lowest BCUT2D eigenvalue weighted by molar-refractivity contribution is -0.138. The topological polar surface area (TPSA) is 61.9 Å². The highest BCUT2D eigenvalue weighted by molar-refractivity contribution is 5.94. The predicted molar refractivity (Wildman–Crippen MR) is 123 cm³/mol. The number of hydrogen-bond acceptors (Lipinski definition) is 4. The van der Waals surface area contributed by atoms with Crippen LogP contribution in [0.2, 0.25) is 0 Å². The number of ether oxygens (including phenoxy) is 1. The summed E-state index contributed by atoms with van der Waals surface area (Å²) >= 11 is 0. The number of piperidine rings is 3. The molecule has 4 heterocycles. The second kappa shape index (κ2) is 8.22. The van der Waals surface area contributed by atoms with Crippen LogP contribution < -0.4 is 10.1 Å². The highest BCUT2D eigenvalue weighted by Crippen LogP contribution is 2.45. The maximum Gasteiger partial charge on any atom is 0.261 e. The molecule has 1 aromatic rings. The Balaban J connectivity index is 1.16. The smallest absolute Gasteiger partial charge is 0.261 e. The first kappa shape index (κ1) is 20.3. The molecule has 4 aliphatic heterocycles. The van der Waals surface area contributed by atoms with Crippen molar-refractivity contribution in [2.75, 3.05) is 31.6 Å². The summed E-state index contributed by atoms with van der Waals surface area (Å²) in [5.74, 6) is 2.00. The number of nitrogens with one attached hydrogen (secondary N) is 1. The van der Waals surface area contributed by atoms with Crippen LogP contribution in [0.3, 0.4) is 0 Å². The van der Waals surface area contributed by atoms with Crippen molar-refractivity contribution in [2.24, 2.45) is 11.8 Å². The van der Waals surface area contributed by atoms with Crippen molar-refractivity contribution in [1.29, 1.82) is 0 Å². The van der Waals surface area contributed by atoms with Crippen molar-refractivity contribution in [3.8, 4) is 5.75 Å². The van der Waals surface area contributed by atoms with Gasteiger partial charge in [0.05, 0.1) is 6.04 Å². The minimum Gasteiger partial charge on any atom is -0.484 e. The molecule has 2 bridgehead atoms. The van der Waals surface area contributed by atoms with Crippen molar-refractivity contribution < 1.29 is 14.3 Å². The molecule has 3 saturated heterocycles. The zero-order valence-corrected chi connectivity index (χ0v) is 18.7. The van der Waals surface area contributed by atoms with Crippen LogP contribution in [-0.2, 0) is 16.0 Å². The van der Waals surface area contributed by atoms with Gasteiger partial charge in [0.15, 0.2) is 6.61 Å². The Morgan fingerprint density at radius 3 is 3.00 bits per heavy atom. The van der Waals surface area contributed by atoms with E-state index in [9.17, 15) is 9.59 Å². The van der Waals surface area contributed by atoms with Crippen molar-refractivity contribution >= 4 is 17.5 Å². The van der Waals surface area contributed by atoms with Crippen LogP contribution in [0.1, 0.15) is 50.5 Å². The Morgan fingerprint density at radius 1 is 1.12 bits per heavy atom. The first-order chi connectivity index (χ1) is 15.7. The summed E-state index contributed by atoms with van der Waals surface area (Å²) in [6.45, 7) is 3.24. The minimum absolute atomic E-state index is 0.0392. The number of rotatable bonds is 3. The summed E-state index contributed by atoms with van der Waals surface area (Å²) in [5.41, 5.74) is 3.44. The quantitative estimate of drug-likeness (QED) is 0.740. The SMILES string of the molecule is O=C1CCc2ccc(OCC(=O)N3CCCC4=C[C@H]5C[C@H](CN6CCCC[C@H]56)[C@@H]43)cc2N1. The number of amides is 2. The molecule has 1 aliphatic carbocycles. The fraction of sp³-hybridized carbons (Fsp3) is 0.615. The van der Waals surface area contributed by atoms with E-state index in [1.54, 1.807) is 0 Å². The van der Waals surface area contributed by atoms with Crippen molar-refractivity contribution in [3.05, 3.63) is 35.4 Å². The first-order valence-corrected chi connectivity index (χ1v) is 12.5. The number of hydrogen-bond donors (Lipinski definition) is 1. The van der Waals surface area contributed by atoms with Crippen LogP contribution in [0, 0.1) is 11.8 Å². The highest BCUT2D eigenvalue weighted by Gasteiger charge is 2.46. The minimum atomic E-state index is 0.0392. The third-order valence-electron chi connectivity index (χ3n) is 8.32. The van der Waals surface area contributed by atoms with Crippen LogP contribution >= 0.6 is 0 Å². The number of carbonyl (C=O) groups is 2. The summed E-state index contributed by atoms with van der Waals surface area (Å²) in [6, 6.07) is 6.74. The molecule has 1 N–H and O–H groups in total. The lowest BCUT2D eigenvalue weighted by Crippen LogP contribution is -2.60. The number of benzene rings is 1. The molecule has 0 spiro atoms. The van der Waals surface area contributed by atoms with Crippen LogP contribution in [-0.4, -0.2) is 59.9 Å². The monoisotopic (exact) mass is 435 g/mol. The van der Waals surface area contributed by atoms with Gasteiger partial charge in [0, 0.05) is 37.3 Å². The average Bonchev–Trinajstić information content (AvgIpc) is 2.82. The van der Waals surface area contributed by atoms with Gasteiger partial charge in [-0.15, -0.1) is 0 Å². The molecule has 2 amide bonds. The summed E-state index contributed by atoms with van der Waals surface area (Å²) in [6.07, 6.45) is 11.3. The molecule has 0 aromatic heterocycles. The van der Waals surface area contributed by atoms with Gasteiger partial charge in [0.1, 0.15) is 5.75 Å². The highest BCUT2D eigenvalue weighted by atomic mass is 16.5. The predicted octanol–water partition coefficient (Wildman–Crippen LogP) is 3.37. The van der Waals surface area contributed by atoms with Gasteiger partial charge in [-0.1, -0.05) is 24.1 Å². The van der Waals surface area contributed by atoms with Gasteiger partial charge in [-0.25, -0.2) is 0 Å². The van der Waals surface area contributed by atoms with Crippen LogP contribution in [0.5, 0.6) is 5.75 Å². The zero-order valence-electron chi connectivity index (χ0n) is 18.7. The molecule has 0 radical (unpaired) electrons. The van der Waals surface area contributed by atoms with E-state index < -0.39 is 0 Å². The first-order valence-electron chi connectivity index (χ1n) is 12.5. The molecule has 170 valence electrons. The Morgan fingerprint density at radius 2 is 2.06 bits per heavy atom. The van der Waals surface area contributed by atoms with Crippen LogP contribution in [0.15, 0.2) is 29.8 Å². The molecule has 32 heavy (non-hydrogen) atoms. The van der Waals surface area contributed by atoms with Gasteiger partial charge in [-0.3, -0.25) is 14.5 Å². The van der Waals surface area contributed by atoms with Crippen LogP contribution in [0.25, 0.3) is 0 Å². The molecule has 4 atom stereocenters. The molecule has 6 heteroatoms. The van der Waals surface area contributed by atoms with E-state index >= 15 is 0 Å². The summed E-state index contributed by atoms with van der Waals surface area (Å²) in [7, 11) is 0. The fourth-order valence-corrected chi connectivity index (χ4v) is 6.92. The summed E-state index contributed by atoms with van der Waals surface area (Å²) < 4.78 is 5.92. The Hall–Kier alpha value is -2.34. The lowest BCUT2D eigenvalue weighted by atomic mass is 9.68. The molecule has 0 unspecified atom stereocenters. The second-order valence-corrected chi connectivity index (χ2v) is 10.3. The average molecular weight is 436 g/mol. The van der Waals surface area contributed by atoms with Gasteiger partial charge >= 0.3 is 0 Å².